The van der Waals surface area contributed by atoms with Crippen LogP contribution in [0.3, 0.4) is 0 Å². The van der Waals surface area contributed by atoms with Crippen LogP contribution in [0.15, 0.2) is 84.2 Å². The molecule has 1 fully saturated rings. The van der Waals surface area contributed by atoms with Crippen LogP contribution in [-0.4, -0.2) is 64.5 Å². The van der Waals surface area contributed by atoms with E-state index in [2.05, 4.69) is 15.1 Å². The van der Waals surface area contributed by atoms with Gasteiger partial charge in [0.2, 0.25) is 5.91 Å². The second kappa shape index (κ2) is 11.5. The van der Waals surface area contributed by atoms with Crippen LogP contribution in [0.5, 0.6) is 0 Å². The zero-order chi connectivity index (χ0) is 26.5. The molecule has 9 heteroatoms. The topological polar surface area (TPSA) is 69.6 Å². The van der Waals surface area contributed by atoms with Crippen LogP contribution >= 0.6 is 11.3 Å². The molecule has 0 N–H and O–H groups in total. The van der Waals surface area contributed by atoms with Crippen LogP contribution in [-0.2, 0) is 4.79 Å². The Hall–Kier alpha value is -4.11. The minimum absolute atomic E-state index is 0.0129. The Balaban J connectivity index is 1.22. The number of carbonyl (C=O) groups is 2. The number of aromatic nitrogens is 2. The van der Waals surface area contributed by atoms with Crippen molar-refractivity contribution in [2.45, 2.75) is 13.0 Å². The van der Waals surface area contributed by atoms with E-state index in [-0.39, 0.29) is 30.2 Å². The second-order valence-corrected chi connectivity index (χ2v) is 10.1. The number of amides is 2. The zero-order valence-corrected chi connectivity index (χ0v) is 21.9. The zero-order valence-electron chi connectivity index (χ0n) is 21.0. The molecular formula is C29H28FN5O2S. The highest BCUT2D eigenvalue weighted by molar-refractivity contribution is 7.12. The molecule has 2 aromatic heterocycles. The van der Waals surface area contributed by atoms with Gasteiger partial charge in [-0.15, -0.1) is 21.5 Å². The Kier molecular flexibility index (Phi) is 7.74. The SMILES string of the molecule is C[C@H](c1ccccc1)N(CC(=O)N1CCN(c2ccc(-c3ccc(F)cc3)nn2)CC1)C(=O)c1cccs1. The Morgan fingerprint density at radius 2 is 1.66 bits per heavy atom. The molecule has 38 heavy (non-hydrogen) atoms. The third-order valence-electron chi connectivity index (χ3n) is 6.79. The van der Waals surface area contributed by atoms with Crippen LogP contribution < -0.4 is 4.90 Å². The molecule has 194 valence electrons. The number of anilines is 1. The summed E-state index contributed by atoms with van der Waals surface area (Å²) in [5.41, 5.74) is 2.45. The van der Waals surface area contributed by atoms with E-state index in [0.29, 0.717) is 36.8 Å². The molecule has 1 aliphatic rings. The molecule has 0 unspecified atom stereocenters. The van der Waals surface area contributed by atoms with E-state index in [1.807, 2.05) is 65.7 Å². The summed E-state index contributed by atoms with van der Waals surface area (Å²) >= 11 is 1.38. The first-order chi connectivity index (χ1) is 18.5. The summed E-state index contributed by atoms with van der Waals surface area (Å²) in [4.78, 5) is 32.9. The van der Waals surface area contributed by atoms with Crippen LogP contribution in [0.25, 0.3) is 11.3 Å². The molecule has 1 saturated heterocycles. The van der Waals surface area contributed by atoms with Crippen molar-refractivity contribution in [1.29, 1.82) is 0 Å². The van der Waals surface area contributed by atoms with Crippen molar-refractivity contribution in [1.82, 2.24) is 20.0 Å². The lowest BCUT2D eigenvalue weighted by molar-refractivity contribution is -0.132. The molecular weight excluding hydrogens is 501 g/mol. The summed E-state index contributed by atoms with van der Waals surface area (Å²) in [6.45, 7) is 4.26. The van der Waals surface area contributed by atoms with Gasteiger partial charge in [-0.1, -0.05) is 36.4 Å². The molecule has 2 amide bonds. The fourth-order valence-corrected chi connectivity index (χ4v) is 5.22. The third kappa shape index (κ3) is 5.73. The summed E-state index contributed by atoms with van der Waals surface area (Å²) in [7, 11) is 0. The van der Waals surface area contributed by atoms with Gasteiger partial charge in [-0.3, -0.25) is 9.59 Å². The highest BCUT2D eigenvalue weighted by Crippen LogP contribution is 2.25. The molecule has 3 heterocycles. The van der Waals surface area contributed by atoms with Gasteiger partial charge in [-0.2, -0.15) is 0 Å². The molecule has 2 aromatic carbocycles. The predicted molar refractivity (Wildman–Crippen MR) is 146 cm³/mol. The molecule has 1 aliphatic heterocycles. The molecule has 0 saturated carbocycles. The largest absolute Gasteiger partial charge is 0.352 e. The molecule has 0 radical (unpaired) electrons. The number of nitrogens with zero attached hydrogens (tertiary/aromatic N) is 5. The summed E-state index contributed by atoms with van der Waals surface area (Å²) < 4.78 is 13.2. The maximum atomic E-state index is 13.3. The number of piperazine rings is 1. The van der Waals surface area contributed by atoms with Gasteiger partial charge in [0.05, 0.1) is 16.6 Å². The van der Waals surface area contributed by atoms with Crippen molar-refractivity contribution < 1.29 is 14.0 Å². The smallest absolute Gasteiger partial charge is 0.264 e. The minimum Gasteiger partial charge on any atom is -0.352 e. The number of benzene rings is 2. The third-order valence-corrected chi connectivity index (χ3v) is 7.65. The highest BCUT2D eigenvalue weighted by atomic mass is 32.1. The summed E-state index contributed by atoms with van der Waals surface area (Å²) in [6, 6.07) is 23.1. The van der Waals surface area contributed by atoms with E-state index in [1.54, 1.807) is 23.1 Å². The average molecular weight is 530 g/mol. The lowest BCUT2D eigenvalue weighted by Crippen LogP contribution is -2.52. The number of hydrogen-bond acceptors (Lipinski definition) is 6. The molecule has 0 spiro atoms. The van der Waals surface area contributed by atoms with Gasteiger partial charge in [-0.25, -0.2) is 4.39 Å². The summed E-state index contributed by atoms with van der Waals surface area (Å²) in [5, 5.41) is 10.5. The van der Waals surface area contributed by atoms with Crippen molar-refractivity contribution in [3.63, 3.8) is 0 Å². The van der Waals surface area contributed by atoms with E-state index in [9.17, 15) is 14.0 Å². The standard InChI is InChI=1S/C29H28FN5O2S/c1-21(22-6-3-2-4-7-22)35(29(37)26-8-5-19-38-26)20-28(36)34-17-15-33(16-18-34)27-14-13-25(31-32-27)23-9-11-24(30)12-10-23/h2-14,19,21H,15-18,20H2,1H3/t21-/m1/s1. The first kappa shape index (κ1) is 25.5. The summed E-state index contributed by atoms with van der Waals surface area (Å²) in [6.07, 6.45) is 0. The van der Waals surface area contributed by atoms with Gasteiger partial charge in [0.25, 0.3) is 5.91 Å². The molecule has 0 bridgehead atoms. The first-order valence-electron chi connectivity index (χ1n) is 12.5. The van der Waals surface area contributed by atoms with E-state index in [0.717, 1.165) is 16.9 Å². The van der Waals surface area contributed by atoms with E-state index < -0.39 is 0 Å². The monoisotopic (exact) mass is 529 g/mol. The summed E-state index contributed by atoms with van der Waals surface area (Å²) in [5.74, 6) is 0.226. The molecule has 7 nitrogen and oxygen atoms in total. The Labute approximate surface area is 225 Å². The van der Waals surface area contributed by atoms with Crippen molar-refractivity contribution in [3.05, 3.63) is 101 Å². The van der Waals surface area contributed by atoms with Crippen LogP contribution in [0.4, 0.5) is 10.2 Å². The Bertz CT molecular complexity index is 1360. The fraction of sp³-hybridized carbons (Fsp3) is 0.241. The molecule has 0 aliphatic carbocycles. The van der Waals surface area contributed by atoms with Gasteiger partial charge < -0.3 is 14.7 Å². The number of halogens is 1. The maximum absolute atomic E-state index is 13.3. The maximum Gasteiger partial charge on any atom is 0.264 e. The fourth-order valence-electron chi connectivity index (χ4n) is 4.54. The molecule has 5 rings (SSSR count). The van der Waals surface area contributed by atoms with Crippen LogP contribution in [0, 0.1) is 5.82 Å². The van der Waals surface area contributed by atoms with Gasteiger partial charge in [0.1, 0.15) is 12.4 Å². The van der Waals surface area contributed by atoms with Crippen molar-refractivity contribution in [2.24, 2.45) is 0 Å². The van der Waals surface area contributed by atoms with Crippen molar-refractivity contribution >= 4 is 29.0 Å². The van der Waals surface area contributed by atoms with Crippen molar-refractivity contribution in [3.8, 4) is 11.3 Å². The number of rotatable bonds is 7. The average Bonchev–Trinajstić information content (AvgIpc) is 3.51. The van der Waals surface area contributed by atoms with Crippen LogP contribution in [0.2, 0.25) is 0 Å². The second-order valence-electron chi connectivity index (χ2n) is 9.15. The predicted octanol–water partition coefficient (Wildman–Crippen LogP) is 4.90. The number of carbonyl (C=O) groups excluding carboxylic acids is 2. The van der Waals surface area contributed by atoms with Gasteiger partial charge >= 0.3 is 0 Å². The first-order valence-corrected chi connectivity index (χ1v) is 13.4. The lowest BCUT2D eigenvalue weighted by Gasteiger charge is -2.37. The van der Waals surface area contributed by atoms with Crippen LogP contribution in [0.1, 0.15) is 28.2 Å². The quantitative estimate of drug-likeness (QED) is 0.341. The van der Waals surface area contributed by atoms with Crippen molar-refractivity contribution in [2.75, 3.05) is 37.6 Å². The number of hydrogen-bond donors (Lipinski definition) is 0. The normalized spacial score (nSPS) is 14.3. The Morgan fingerprint density at radius 3 is 2.29 bits per heavy atom. The lowest BCUT2D eigenvalue weighted by atomic mass is 10.1. The van der Waals surface area contributed by atoms with E-state index in [4.69, 9.17) is 0 Å². The minimum atomic E-state index is -0.292. The van der Waals surface area contributed by atoms with E-state index >= 15 is 0 Å². The Morgan fingerprint density at radius 1 is 0.921 bits per heavy atom. The number of thiophene rings is 1. The van der Waals surface area contributed by atoms with E-state index in [1.165, 1.54) is 23.5 Å². The van der Waals surface area contributed by atoms with Gasteiger partial charge in [0.15, 0.2) is 5.82 Å². The molecule has 4 aromatic rings. The van der Waals surface area contributed by atoms with Gasteiger partial charge in [-0.05, 0) is 60.3 Å². The van der Waals surface area contributed by atoms with Gasteiger partial charge in [0, 0.05) is 31.7 Å². The molecule has 1 atom stereocenters. The highest BCUT2D eigenvalue weighted by Gasteiger charge is 2.29.